The van der Waals surface area contributed by atoms with Gasteiger partial charge in [-0.2, -0.15) is 0 Å². The number of carbonyl (C=O) groups excluding carboxylic acids is 1. The van der Waals surface area contributed by atoms with E-state index in [-0.39, 0.29) is 11.9 Å². The van der Waals surface area contributed by atoms with Crippen LogP contribution < -0.4 is 5.32 Å². The molecule has 0 radical (unpaired) electrons. The molecule has 21 heavy (non-hydrogen) atoms. The highest BCUT2D eigenvalue weighted by molar-refractivity contribution is 5.96. The third-order valence-corrected chi connectivity index (χ3v) is 3.61. The molecule has 0 aliphatic heterocycles. The van der Waals surface area contributed by atoms with Crippen LogP contribution in [0.25, 0.3) is 0 Å². The van der Waals surface area contributed by atoms with Crippen LogP contribution in [0, 0.1) is 13.8 Å². The van der Waals surface area contributed by atoms with Crippen molar-refractivity contribution in [1.29, 1.82) is 0 Å². The van der Waals surface area contributed by atoms with Crippen LogP contribution in [0.15, 0.2) is 48.5 Å². The maximum atomic E-state index is 12.7. The van der Waals surface area contributed by atoms with Crippen molar-refractivity contribution in [3.05, 3.63) is 65.2 Å². The van der Waals surface area contributed by atoms with E-state index in [1.165, 1.54) is 0 Å². The average Bonchev–Trinajstić information content (AvgIpc) is 2.44. The van der Waals surface area contributed by atoms with Crippen molar-refractivity contribution in [1.82, 2.24) is 4.90 Å². The van der Waals surface area contributed by atoms with E-state index in [0.29, 0.717) is 0 Å². The Morgan fingerprint density at radius 2 is 1.52 bits per heavy atom. The van der Waals surface area contributed by atoms with E-state index in [4.69, 9.17) is 0 Å². The number of benzene rings is 2. The number of rotatable bonds is 4. The first-order valence-corrected chi connectivity index (χ1v) is 7.09. The first-order chi connectivity index (χ1) is 10.0. The molecule has 2 aromatic rings. The van der Waals surface area contributed by atoms with E-state index in [1.807, 2.05) is 81.4 Å². The molecule has 0 spiro atoms. The van der Waals surface area contributed by atoms with Crippen LogP contribution in [-0.4, -0.2) is 24.9 Å². The number of para-hydroxylation sites is 1. The van der Waals surface area contributed by atoms with Crippen LogP contribution in [0.3, 0.4) is 0 Å². The lowest BCUT2D eigenvalue weighted by Gasteiger charge is -2.24. The highest BCUT2D eigenvalue weighted by Crippen LogP contribution is 2.24. The Morgan fingerprint density at radius 3 is 2.05 bits per heavy atom. The van der Waals surface area contributed by atoms with Crippen LogP contribution in [0.2, 0.25) is 0 Å². The molecule has 0 aliphatic rings. The van der Waals surface area contributed by atoms with Gasteiger partial charge >= 0.3 is 0 Å². The monoisotopic (exact) mass is 282 g/mol. The molecule has 1 N–H and O–H groups in total. The van der Waals surface area contributed by atoms with Gasteiger partial charge in [0.05, 0.1) is 0 Å². The molecule has 1 atom stereocenters. The van der Waals surface area contributed by atoms with Gasteiger partial charge in [0.15, 0.2) is 0 Å². The van der Waals surface area contributed by atoms with Gasteiger partial charge in [-0.3, -0.25) is 9.69 Å². The highest BCUT2D eigenvalue weighted by Gasteiger charge is 2.23. The summed E-state index contributed by atoms with van der Waals surface area (Å²) in [5.41, 5.74) is 4.05. The lowest BCUT2D eigenvalue weighted by Crippen LogP contribution is -2.32. The summed E-state index contributed by atoms with van der Waals surface area (Å²) in [6.45, 7) is 4.02. The summed E-state index contributed by atoms with van der Waals surface area (Å²) in [4.78, 5) is 14.6. The molecule has 1 amide bonds. The zero-order chi connectivity index (χ0) is 15.4. The fourth-order valence-electron chi connectivity index (χ4n) is 2.52. The zero-order valence-corrected chi connectivity index (χ0v) is 13.1. The number of hydrogen-bond acceptors (Lipinski definition) is 2. The predicted octanol–water partition coefficient (Wildman–Crippen LogP) is 3.54. The van der Waals surface area contributed by atoms with Crippen molar-refractivity contribution >= 4 is 11.6 Å². The molecule has 2 rings (SSSR count). The summed E-state index contributed by atoms with van der Waals surface area (Å²) in [6, 6.07) is 15.6. The first-order valence-electron chi connectivity index (χ1n) is 7.09. The van der Waals surface area contributed by atoms with Crippen LogP contribution in [0.5, 0.6) is 0 Å². The Bertz CT molecular complexity index is 600. The zero-order valence-electron chi connectivity index (χ0n) is 13.1. The number of aryl methyl sites for hydroxylation is 2. The third-order valence-electron chi connectivity index (χ3n) is 3.61. The Balaban J connectivity index is 2.29. The number of amides is 1. The second kappa shape index (κ2) is 6.55. The smallest absolute Gasteiger partial charge is 0.246 e. The van der Waals surface area contributed by atoms with Gasteiger partial charge in [-0.25, -0.2) is 0 Å². The molecule has 3 heteroatoms. The van der Waals surface area contributed by atoms with E-state index in [9.17, 15) is 4.79 Å². The molecule has 3 nitrogen and oxygen atoms in total. The second-order valence-electron chi connectivity index (χ2n) is 5.53. The number of carbonyl (C=O) groups is 1. The number of hydrogen-bond donors (Lipinski definition) is 1. The van der Waals surface area contributed by atoms with Crippen molar-refractivity contribution in [3.63, 3.8) is 0 Å². The molecule has 0 fully saturated rings. The van der Waals surface area contributed by atoms with Crippen molar-refractivity contribution in [2.75, 3.05) is 19.4 Å². The molecule has 0 saturated carbocycles. The largest absolute Gasteiger partial charge is 0.324 e. The Morgan fingerprint density at radius 1 is 0.952 bits per heavy atom. The van der Waals surface area contributed by atoms with Crippen molar-refractivity contribution < 1.29 is 4.79 Å². The minimum absolute atomic E-state index is 0.0106. The van der Waals surface area contributed by atoms with Gasteiger partial charge in [0.2, 0.25) is 5.91 Å². The average molecular weight is 282 g/mol. The molecular formula is C18H22N2O. The first kappa shape index (κ1) is 15.3. The summed E-state index contributed by atoms with van der Waals surface area (Å²) >= 11 is 0. The van der Waals surface area contributed by atoms with Crippen molar-refractivity contribution in [3.8, 4) is 0 Å². The molecular weight excluding hydrogens is 260 g/mol. The van der Waals surface area contributed by atoms with Crippen LogP contribution in [0.1, 0.15) is 22.7 Å². The highest BCUT2D eigenvalue weighted by atomic mass is 16.2. The van der Waals surface area contributed by atoms with Gasteiger partial charge in [0.1, 0.15) is 6.04 Å². The van der Waals surface area contributed by atoms with Crippen molar-refractivity contribution in [2.24, 2.45) is 0 Å². The lowest BCUT2D eigenvalue weighted by atomic mass is 10.0. The van der Waals surface area contributed by atoms with E-state index in [0.717, 1.165) is 22.4 Å². The molecule has 0 saturated heterocycles. The van der Waals surface area contributed by atoms with E-state index < -0.39 is 0 Å². The normalized spacial score (nSPS) is 12.2. The Labute approximate surface area is 126 Å². The van der Waals surface area contributed by atoms with Gasteiger partial charge in [-0.1, -0.05) is 48.5 Å². The summed E-state index contributed by atoms with van der Waals surface area (Å²) in [5, 5.41) is 3.08. The van der Waals surface area contributed by atoms with Gasteiger partial charge in [0.25, 0.3) is 0 Å². The third kappa shape index (κ3) is 3.50. The van der Waals surface area contributed by atoms with Crippen LogP contribution in [-0.2, 0) is 4.79 Å². The summed E-state index contributed by atoms with van der Waals surface area (Å²) in [5.74, 6) is -0.0106. The molecule has 0 aliphatic carbocycles. The lowest BCUT2D eigenvalue weighted by molar-refractivity contribution is -0.120. The fraction of sp³-hybridized carbons (Fsp3) is 0.278. The number of nitrogens with one attached hydrogen (secondary N) is 1. The molecule has 0 aromatic heterocycles. The molecule has 0 bridgehead atoms. The van der Waals surface area contributed by atoms with Crippen molar-refractivity contribution in [2.45, 2.75) is 19.9 Å². The quantitative estimate of drug-likeness (QED) is 0.930. The predicted molar refractivity (Wildman–Crippen MR) is 87.4 cm³/mol. The van der Waals surface area contributed by atoms with Gasteiger partial charge < -0.3 is 5.32 Å². The van der Waals surface area contributed by atoms with Gasteiger partial charge in [-0.05, 0) is 44.6 Å². The van der Waals surface area contributed by atoms with E-state index in [2.05, 4.69) is 5.32 Å². The Kier molecular flexibility index (Phi) is 4.76. The molecule has 1 unspecified atom stereocenters. The van der Waals surface area contributed by atoms with Gasteiger partial charge in [0, 0.05) is 5.69 Å². The fourth-order valence-corrected chi connectivity index (χ4v) is 2.52. The van der Waals surface area contributed by atoms with Crippen LogP contribution in [0.4, 0.5) is 5.69 Å². The SMILES string of the molecule is Cc1cccc(C)c1NC(=O)C(c1ccccc1)N(C)C. The molecule has 0 heterocycles. The topological polar surface area (TPSA) is 32.3 Å². The van der Waals surface area contributed by atoms with E-state index >= 15 is 0 Å². The van der Waals surface area contributed by atoms with Gasteiger partial charge in [-0.15, -0.1) is 0 Å². The second-order valence-corrected chi connectivity index (χ2v) is 5.53. The van der Waals surface area contributed by atoms with E-state index in [1.54, 1.807) is 0 Å². The summed E-state index contributed by atoms with van der Waals surface area (Å²) in [7, 11) is 3.84. The molecule has 2 aromatic carbocycles. The number of likely N-dealkylation sites (N-methyl/N-ethyl adjacent to an activating group) is 1. The maximum Gasteiger partial charge on any atom is 0.246 e. The minimum Gasteiger partial charge on any atom is -0.324 e. The summed E-state index contributed by atoms with van der Waals surface area (Å²) in [6.07, 6.45) is 0. The summed E-state index contributed by atoms with van der Waals surface area (Å²) < 4.78 is 0. The number of nitrogens with zero attached hydrogens (tertiary/aromatic N) is 1. The van der Waals surface area contributed by atoms with Crippen LogP contribution >= 0.6 is 0 Å². The Hall–Kier alpha value is -2.13. The number of anilines is 1. The molecule has 110 valence electrons. The maximum absolute atomic E-state index is 12.7. The minimum atomic E-state index is -0.301. The standard InChI is InChI=1S/C18H22N2O/c1-13-9-8-10-14(2)16(13)19-18(21)17(20(3)4)15-11-6-5-7-12-15/h5-12,17H,1-4H3,(H,19,21).